The molecular formula is C11H14ClNO6S. The zero-order valence-electron chi connectivity index (χ0n) is 10.7. The molecule has 0 aliphatic carbocycles. The Labute approximate surface area is 121 Å². The Morgan fingerprint density at radius 3 is 2.60 bits per heavy atom. The number of aryl methyl sites for hydroxylation is 1. The Balaban J connectivity index is 2.38. The van der Waals surface area contributed by atoms with Crippen LogP contribution in [-0.2, 0) is 13.8 Å². The second-order valence-electron chi connectivity index (χ2n) is 3.91. The summed E-state index contributed by atoms with van der Waals surface area (Å²) in [5.41, 5.74) is 0.707. The summed E-state index contributed by atoms with van der Waals surface area (Å²) < 4.78 is 31.6. The van der Waals surface area contributed by atoms with Crippen molar-refractivity contribution in [3.05, 3.63) is 33.9 Å². The Morgan fingerprint density at radius 2 is 2.00 bits per heavy atom. The van der Waals surface area contributed by atoms with Crippen LogP contribution in [-0.4, -0.2) is 38.9 Å². The van der Waals surface area contributed by atoms with Crippen LogP contribution in [0, 0.1) is 17.0 Å². The van der Waals surface area contributed by atoms with Crippen molar-refractivity contribution in [3.63, 3.8) is 0 Å². The monoisotopic (exact) mass is 323 g/mol. The summed E-state index contributed by atoms with van der Waals surface area (Å²) in [4.78, 5) is 10.1. The van der Waals surface area contributed by atoms with E-state index in [-0.39, 0.29) is 31.3 Å². The summed E-state index contributed by atoms with van der Waals surface area (Å²) >= 11 is 0. The number of ether oxygens (including phenoxy) is 2. The Kier molecular flexibility index (Phi) is 6.18. The van der Waals surface area contributed by atoms with E-state index in [1.165, 1.54) is 12.1 Å². The fourth-order valence-corrected chi connectivity index (χ4v) is 1.83. The average Bonchev–Trinajstić information content (AvgIpc) is 2.34. The van der Waals surface area contributed by atoms with Crippen molar-refractivity contribution in [2.75, 3.05) is 25.6 Å². The van der Waals surface area contributed by atoms with Crippen molar-refractivity contribution in [1.29, 1.82) is 0 Å². The number of benzene rings is 1. The molecule has 0 unspecified atom stereocenters. The molecule has 0 amide bonds. The molecule has 9 heteroatoms. The summed E-state index contributed by atoms with van der Waals surface area (Å²) in [5.74, 6) is 0.123. The largest absolute Gasteiger partial charge is 0.491 e. The lowest BCUT2D eigenvalue weighted by Crippen LogP contribution is -2.12. The second kappa shape index (κ2) is 7.41. The van der Waals surface area contributed by atoms with E-state index in [0.717, 1.165) is 5.56 Å². The van der Waals surface area contributed by atoms with Crippen LogP contribution in [0.15, 0.2) is 18.2 Å². The number of halogens is 1. The van der Waals surface area contributed by atoms with E-state index in [0.29, 0.717) is 5.75 Å². The van der Waals surface area contributed by atoms with Crippen LogP contribution in [0.5, 0.6) is 5.75 Å². The smallest absolute Gasteiger partial charge is 0.273 e. The van der Waals surface area contributed by atoms with Gasteiger partial charge in [-0.2, -0.15) is 0 Å². The summed E-state index contributed by atoms with van der Waals surface area (Å²) in [5, 5.41) is 10.6. The SMILES string of the molecule is Cc1ccc([N+](=O)[O-])cc1OCCOCCS(=O)(=O)Cl. The molecule has 0 aliphatic heterocycles. The lowest BCUT2D eigenvalue weighted by atomic mass is 10.2. The minimum absolute atomic E-state index is 0.0247. The van der Waals surface area contributed by atoms with Crippen molar-refractivity contribution in [2.24, 2.45) is 0 Å². The Hall–Kier alpha value is -1.38. The fourth-order valence-electron chi connectivity index (χ4n) is 1.33. The molecule has 0 aromatic heterocycles. The van der Waals surface area contributed by atoms with E-state index < -0.39 is 14.0 Å². The van der Waals surface area contributed by atoms with Gasteiger partial charge in [-0.25, -0.2) is 8.42 Å². The van der Waals surface area contributed by atoms with Crippen LogP contribution in [0.3, 0.4) is 0 Å². The first-order valence-electron chi connectivity index (χ1n) is 5.67. The molecule has 1 aromatic rings. The zero-order chi connectivity index (χ0) is 15.2. The molecule has 0 heterocycles. The van der Waals surface area contributed by atoms with Gasteiger partial charge in [0, 0.05) is 16.7 Å². The minimum Gasteiger partial charge on any atom is -0.491 e. The van der Waals surface area contributed by atoms with Crippen molar-refractivity contribution >= 4 is 25.4 Å². The minimum atomic E-state index is -3.55. The number of hydrogen-bond donors (Lipinski definition) is 0. The van der Waals surface area contributed by atoms with E-state index >= 15 is 0 Å². The van der Waals surface area contributed by atoms with Crippen molar-refractivity contribution < 1.29 is 22.8 Å². The van der Waals surface area contributed by atoms with Gasteiger partial charge >= 0.3 is 0 Å². The lowest BCUT2D eigenvalue weighted by Gasteiger charge is -2.09. The highest BCUT2D eigenvalue weighted by Gasteiger charge is 2.09. The van der Waals surface area contributed by atoms with Crippen LogP contribution in [0.25, 0.3) is 0 Å². The molecule has 0 saturated heterocycles. The molecule has 1 aromatic carbocycles. The van der Waals surface area contributed by atoms with Crippen molar-refractivity contribution in [2.45, 2.75) is 6.92 Å². The number of nitrogens with zero attached hydrogens (tertiary/aromatic N) is 1. The summed E-state index contributed by atoms with van der Waals surface area (Å²) in [6, 6.07) is 4.32. The maximum Gasteiger partial charge on any atom is 0.273 e. The van der Waals surface area contributed by atoms with E-state index in [2.05, 4.69) is 0 Å². The predicted octanol–water partition coefficient (Wildman–Crippen LogP) is 1.87. The third-order valence-corrected chi connectivity index (χ3v) is 3.46. The van der Waals surface area contributed by atoms with E-state index in [1.54, 1.807) is 13.0 Å². The predicted molar refractivity (Wildman–Crippen MR) is 73.8 cm³/mol. The Bertz CT molecular complexity index is 574. The molecule has 0 bridgehead atoms. The first kappa shape index (κ1) is 16.7. The Morgan fingerprint density at radius 1 is 1.30 bits per heavy atom. The molecule has 112 valence electrons. The number of rotatable bonds is 8. The van der Waals surface area contributed by atoms with E-state index in [4.69, 9.17) is 20.2 Å². The highest BCUT2D eigenvalue weighted by molar-refractivity contribution is 8.13. The average molecular weight is 324 g/mol. The topological polar surface area (TPSA) is 95.7 Å². The number of nitro groups is 1. The first-order chi connectivity index (χ1) is 9.29. The second-order valence-corrected chi connectivity index (χ2v) is 6.81. The van der Waals surface area contributed by atoms with Gasteiger partial charge in [-0.1, -0.05) is 0 Å². The molecule has 0 spiro atoms. The maximum atomic E-state index is 10.6. The van der Waals surface area contributed by atoms with Crippen LogP contribution in [0.4, 0.5) is 5.69 Å². The maximum absolute atomic E-state index is 10.6. The molecule has 20 heavy (non-hydrogen) atoms. The van der Waals surface area contributed by atoms with Gasteiger partial charge in [-0.15, -0.1) is 0 Å². The number of nitro benzene ring substituents is 1. The van der Waals surface area contributed by atoms with Gasteiger partial charge in [0.15, 0.2) is 0 Å². The quantitative estimate of drug-likeness (QED) is 0.313. The van der Waals surface area contributed by atoms with Crippen LogP contribution in [0.1, 0.15) is 5.56 Å². The van der Waals surface area contributed by atoms with Crippen molar-refractivity contribution in [3.8, 4) is 5.75 Å². The van der Waals surface area contributed by atoms with Gasteiger partial charge in [0.2, 0.25) is 9.05 Å². The molecule has 0 radical (unpaired) electrons. The molecular weight excluding hydrogens is 310 g/mol. The van der Waals surface area contributed by atoms with Gasteiger partial charge in [0.25, 0.3) is 5.69 Å². The molecule has 0 fully saturated rings. The van der Waals surface area contributed by atoms with Gasteiger partial charge < -0.3 is 9.47 Å². The highest BCUT2D eigenvalue weighted by atomic mass is 35.7. The molecule has 1 rings (SSSR count). The van der Waals surface area contributed by atoms with E-state index in [1.807, 2.05) is 0 Å². The zero-order valence-corrected chi connectivity index (χ0v) is 12.3. The van der Waals surface area contributed by atoms with Crippen molar-refractivity contribution in [1.82, 2.24) is 0 Å². The highest BCUT2D eigenvalue weighted by Crippen LogP contribution is 2.23. The normalized spacial score (nSPS) is 11.3. The third kappa shape index (κ3) is 6.18. The molecule has 0 N–H and O–H groups in total. The molecule has 0 atom stereocenters. The summed E-state index contributed by atoms with van der Waals surface area (Å²) in [7, 11) is 1.45. The fraction of sp³-hybridized carbons (Fsp3) is 0.455. The van der Waals surface area contributed by atoms with E-state index in [9.17, 15) is 18.5 Å². The molecule has 0 aliphatic rings. The summed E-state index contributed by atoms with van der Waals surface area (Å²) in [6.07, 6.45) is 0. The summed E-state index contributed by atoms with van der Waals surface area (Å²) in [6.45, 7) is 2.06. The number of hydrogen-bond acceptors (Lipinski definition) is 6. The number of non-ortho nitro benzene ring substituents is 1. The van der Waals surface area contributed by atoms with Gasteiger partial charge in [0.1, 0.15) is 12.4 Å². The molecule has 0 saturated carbocycles. The third-order valence-electron chi connectivity index (χ3n) is 2.34. The first-order valence-corrected chi connectivity index (χ1v) is 8.15. The van der Waals surface area contributed by atoms with Crippen LogP contribution in [0.2, 0.25) is 0 Å². The standard InChI is InChI=1S/C11H14ClNO6S/c1-9-2-3-10(13(14)15)8-11(9)19-5-4-18-6-7-20(12,16)17/h2-3,8H,4-7H2,1H3. The van der Waals surface area contributed by atoms with Crippen LogP contribution < -0.4 is 4.74 Å². The lowest BCUT2D eigenvalue weighted by molar-refractivity contribution is -0.385. The van der Waals surface area contributed by atoms with Gasteiger partial charge in [-0.05, 0) is 18.6 Å². The van der Waals surface area contributed by atoms with Crippen LogP contribution >= 0.6 is 10.7 Å². The van der Waals surface area contributed by atoms with Gasteiger partial charge in [-0.3, -0.25) is 10.1 Å². The van der Waals surface area contributed by atoms with Gasteiger partial charge in [0.05, 0.1) is 30.0 Å². The molecule has 7 nitrogen and oxygen atoms in total.